The average molecular weight is 418 g/mol. The molecule has 0 amide bonds. The first-order valence-electron chi connectivity index (χ1n) is 9.62. The number of nitrogens with one attached hydrogen (secondary N) is 1. The normalized spacial score (nSPS) is 11.9. The number of aromatic nitrogens is 3. The molecule has 0 saturated carbocycles. The molecular formula is C23H19FN4O3. The fourth-order valence-electron chi connectivity index (χ4n) is 3.28. The van der Waals surface area contributed by atoms with Gasteiger partial charge in [0, 0.05) is 23.2 Å². The zero-order valence-electron chi connectivity index (χ0n) is 16.6. The van der Waals surface area contributed by atoms with E-state index in [0.29, 0.717) is 22.5 Å². The Morgan fingerprint density at radius 3 is 2.58 bits per heavy atom. The Hall–Kier alpha value is -4.07. The van der Waals surface area contributed by atoms with E-state index >= 15 is 0 Å². The van der Waals surface area contributed by atoms with Crippen LogP contribution in [-0.2, 0) is 6.54 Å². The van der Waals surface area contributed by atoms with Gasteiger partial charge < -0.3 is 10.4 Å². The number of fused-ring (bicyclic) bond motifs is 1. The number of pyridine rings is 1. The van der Waals surface area contributed by atoms with E-state index in [-0.39, 0.29) is 23.7 Å². The molecule has 31 heavy (non-hydrogen) atoms. The molecule has 2 aromatic carbocycles. The molecule has 2 heterocycles. The second kappa shape index (κ2) is 8.35. The maximum absolute atomic E-state index is 14.1. The molecule has 8 heteroatoms. The first-order chi connectivity index (χ1) is 14.9. The first-order valence-corrected chi connectivity index (χ1v) is 9.62. The summed E-state index contributed by atoms with van der Waals surface area (Å²) in [6.45, 7) is 1.94. The summed E-state index contributed by atoms with van der Waals surface area (Å²) in [5.41, 5.74) is 1.54. The van der Waals surface area contributed by atoms with Gasteiger partial charge in [-0.3, -0.25) is 9.36 Å². The van der Waals surface area contributed by atoms with Crippen LogP contribution in [0.4, 0.5) is 10.3 Å². The maximum Gasteiger partial charge on any atom is 0.335 e. The van der Waals surface area contributed by atoms with E-state index in [1.165, 1.54) is 28.8 Å². The van der Waals surface area contributed by atoms with Crippen LogP contribution in [-0.4, -0.2) is 25.6 Å². The third-order valence-corrected chi connectivity index (χ3v) is 5.01. The largest absolute Gasteiger partial charge is 0.478 e. The van der Waals surface area contributed by atoms with Crippen molar-refractivity contribution in [3.05, 3.63) is 99.7 Å². The highest BCUT2D eigenvalue weighted by atomic mass is 19.1. The molecule has 2 N–H and O–H groups in total. The second-order valence-electron chi connectivity index (χ2n) is 7.11. The number of nitrogens with zero attached hydrogens (tertiary/aromatic N) is 3. The van der Waals surface area contributed by atoms with Crippen LogP contribution in [0.3, 0.4) is 0 Å². The van der Waals surface area contributed by atoms with Crippen molar-refractivity contribution in [2.24, 2.45) is 0 Å². The van der Waals surface area contributed by atoms with E-state index in [9.17, 15) is 14.0 Å². The average Bonchev–Trinajstić information content (AvgIpc) is 2.77. The molecule has 0 aliphatic heterocycles. The Balaban J connectivity index is 1.66. The number of hydrogen-bond donors (Lipinski definition) is 2. The Bertz CT molecular complexity index is 1320. The van der Waals surface area contributed by atoms with Gasteiger partial charge in [0.05, 0.1) is 18.2 Å². The molecule has 0 unspecified atom stereocenters. The Morgan fingerprint density at radius 2 is 1.87 bits per heavy atom. The van der Waals surface area contributed by atoms with E-state index in [0.717, 1.165) is 5.56 Å². The predicted octanol–water partition coefficient (Wildman–Crippen LogP) is 3.85. The number of carboxylic acid groups (broad SMARTS) is 1. The molecule has 0 bridgehead atoms. The summed E-state index contributed by atoms with van der Waals surface area (Å²) >= 11 is 0. The van der Waals surface area contributed by atoms with Gasteiger partial charge in [-0.15, -0.1) is 0 Å². The van der Waals surface area contributed by atoms with Crippen LogP contribution in [0.15, 0.2) is 71.7 Å². The number of anilines is 1. The molecule has 0 fully saturated rings. The van der Waals surface area contributed by atoms with Gasteiger partial charge in [-0.1, -0.05) is 30.3 Å². The molecule has 1 atom stereocenters. The van der Waals surface area contributed by atoms with Crippen LogP contribution >= 0.6 is 0 Å². The molecular weight excluding hydrogens is 399 g/mol. The smallest absolute Gasteiger partial charge is 0.335 e. The summed E-state index contributed by atoms with van der Waals surface area (Å²) in [5, 5.41) is 12.8. The highest BCUT2D eigenvalue weighted by Crippen LogP contribution is 2.19. The zero-order chi connectivity index (χ0) is 22.0. The van der Waals surface area contributed by atoms with Crippen molar-refractivity contribution in [2.75, 3.05) is 5.32 Å². The quantitative estimate of drug-likeness (QED) is 0.494. The summed E-state index contributed by atoms with van der Waals surface area (Å²) in [5.74, 6) is -1.08. The molecule has 0 aliphatic rings. The minimum atomic E-state index is -0.988. The van der Waals surface area contributed by atoms with E-state index in [4.69, 9.17) is 5.11 Å². The van der Waals surface area contributed by atoms with Crippen molar-refractivity contribution in [3.63, 3.8) is 0 Å². The van der Waals surface area contributed by atoms with Gasteiger partial charge in [0.2, 0.25) is 5.95 Å². The number of carbonyl (C=O) groups is 1. The molecule has 2 aromatic heterocycles. The monoisotopic (exact) mass is 418 g/mol. The fraction of sp³-hybridized carbons (Fsp3) is 0.130. The van der Waals surface area contributed by atoms with Crippen molar-refractivity contribution in [1.29, 1.82) is 0 Å². The van der Waals surface area contributed by atoms with Crippen molar-refractivity contribution in [2.45, 2.75) is 19.5 Å². The van der Waals surface area contributed by atoms with Gasteiger partial charge >= 0.3 is 5.97 Å². The van der Waals surface area contributed by atoms with E-state index in [1.54, 1.807) is 42.6 Å². The van der Waals surface area contributed by atoms with Crippen LogP contribution in [0.2, 0.25) is 0 Å². The SMILES string of the molecule is C[C@H](Nc1ncc2ccc(=O)n(Cc3ccccc3F)c2n1)c1ccc(C(=O)O)cc1. The highest BCUT2D eigenvalue weighted by molar-refractivity contribution is 5.87. The van der Waals surface area contributed by atoms with Crippen LogP contribution in [0.25, 0.3) is 11.0 Å². The predicted molar refractivity (Wildman–Crippen MR) is 115 cm³/mol. The third-order valence-electron chi connectivity index (χ3n) is 5.01. The number of halogens is 1. The molecule has 0 radical (unpaired) electrons. The Kier molecular flexibility index (Phi) is 5.44. The van der Waals surface area contributed by atoms with E-state index in [2.05, 4.69) is 15.3 Å². The minimum Gasteiger partial charge on any atom is -0.478 e. The van der Waals surface area contributed by atoms with Crippen LogP contribution in [0, 0.1) is 5.82 Å². The lowest BCUT2D eigenvalue weighted by molar-refractivity contribution is 0.0697. The summed E-state index contributed by atoms with van der Waals surface area (Å²) in [6, 6.07) is 15.6. The first kappa shape index (κ1) is 20.2. The second-order valence-corrected chi connectivity index (χ2v) is 7.11. The molecule has 0 spiro atoms. The van der Waals surface area contributed by atoms with Crippen LogP contribution in [0.1, 0.15) is 34.5 Å². The lowest BCUT2D eigenvalue weighted by atomic mass is 10.1. The number of benzene rings is 2. The number of aromatic carboxylic acids is 1. The summed E-state index contributed by atoms with van der Waals surface area (Å²) in [4.78, 5) is 32.3. The lowest BCUT2D eigenvalue weighted by Gasteiger charge is -2.16. The molecule has 156 valence electrons. The van der Waals surface area contributed by atoms with E-state index < -0.39 is 11.8 Å². The van der Waals surface area contributed by atoms with Gasteiger partial charge in [-0.25, -0.2) is 14.2 Å². The topological polar surface area (TPSA) is 97.1 Å². The van der Waals surface area contributed by atoms with Crippen molar-refractivity contribution < 1.29 is 14.3 Å². The third kappa shape index (κ3) is 4.28. The summed E-state index contributed by atoms with van der Waals surface area (Å²) < 4.78 is 15.5. The number of rotatable bonds is 6. The van der Waals surface area contributed by atoms with Gasteiger partial charge in [0.25, 0.3) is 5.56 Å². The van der Waals surface area contributed by atoms with Crippen LogP contribution < -0.4 is 10.9 Å². The molecule has 4 aromatic rings. The van der Waals surface area contributed by atoms with Crippen molar-refractivity contribution in [1.82, 2.24) is 14.5 Å². The maximum atomic E-state index is 14.1. The standard InChI is InChI=1S/C23H19FN4O3/c1-14(15-6-8-16(9-7-15)22(30)31)26-23-25-12-17-10-11-20(29)28(21(17)27-23)13-18-4-2-3-5-19(18)24/h2-12,14H,13H2,1H3,(H,30,31)(H,25,26,27)/t14-/m0/s1. The van der Waals surface area contributed by atoms with Gasteiger partial charge in [0.1, 0.15) is 11.5 Å². The summed E-state index contributed by atoms with van der Waals surface area (Å²) in [7, 11) is 0. The summed E-state index contributed by atoms with van der Waals surface area (Å²) in [6.07, 6.45) is 1.60. The fourth-order valence-corrected chi connectivity index (χ4v) is 3.28. The highest BCUT2D eigenvalue weighted by Gasteiger charge is 2.12. The van der Waals surface area contributed by atoms with Gasteiger partial charge in [-0.05, 0) is 36.8 Å². The molecule has 7 nitrogen and oxygen atoms in total. The van der Waals surface area contributed by atoms with E-state index in [1.807, 2.05) is 6.92 Å². The zero-order valence-corrected chi connectivity index (χ0v) is 16.6. The number of carboxylic acids is 1. The molecule has 0 aliphatic carbocycles. The number of hydrogen-bond acceptors (Lipinski definition) is 5. The van der Waals surface area contributed by atoms with Crippen molar-refractivity contribution >= 4 is 23.0 Å². The Morgan fingerprint density at radius 1 is 1.13 bits per heavy atom. The minimum absolute atomic E-state index is 0.0471. The van der Waals surface area contributed by atoms with Gasteiger partial charge in [0.15, 0.2) is 0 Å². The van der Waals surface area contributed by atoms with Gasteiger partial charge in [-0.2, -0.15) is 4.98 Å². The Labute approximate surface area is 176 Å². The van der Waals surface area contributed by atoms with Crippen LogP contribution in [0.5, 0.6) is 0 Å². The van der Waals surface area contributed by atoms with Crippen molar-refractivity contribution in [3.8, 4) is 0 Å². The lowest BCUT2D eigenvalue weighted by Crippen LogP contribution is -2.22. The molecule has 4 rings (SSSR count). The molecule has 0 saturated heterocycles.